The van der Waals surface area contributed by atoms with Crippen LogP contribution >= 0.6 is 23.4 Å². The van der Waals surface area contributed by atoms with E-state index in [1.807, 2.05) is 12.1 Å². The summed E-state index contributed by atoms with van der Waals surface area (Å²) in [4.78, 5) is 1.05. The molecule has 0 spiro atoms. The first-order valence-corrected chi connectivity index (χ1v) is 4.98. The topological polar surface area (TPSA) is 52.0 Å². The molecule has 0 amide bonds. The average Bonchev–Trinajstić information content (AvgIpc) is 2.03. The number of rotatable bonds is 3. The minimum Gasteiger partial charge on any atom is -0.398 e. The molecule has 1 rings (SSSR count). The van der Waals surface area contributed by atoms with Crippen molar-refractivity contribution in [2.45, 2.75) is 4.90 Å². The lowest BCUT2D eigenvalue weighted by molar-refractivity contribution is 1.15. The van der Waals surface area contributed by atoms with Crippen molar-refractivity contribution in [3.8, 4) is 0 Å². The van der Waals surface area contributed by atoms with E-state index in [-0.39, 0.29) is 0 Å². The van der Waals surface area contributed by atoms with Crippen molar-refractivity contribution >= 4 is 29.1 Å². The van der Waals surface area contributed by atoms with E-state index in [0.29, 0.717) is 11.6 Å². The molecule has 2 nitrogen and oxygen atoms in total. The zero-order valence-electron chi connectivity index (χ0n) is 6.59. The van der Waals surface area contributed by atoms with Gasteiger partial charge in [0, 0.05) is 27.9 Å². The van der Waals surface area contributed by atoms with Crippen LogP contribution in [0.3, 0.4) is 0 Å². The molecule has 4 heteroatoms. The van der Waals surface area contributed by atoms with Crippen LogP contribution in [0.4, 0.5) is 5.69 Å². The van der Waals surface area contributed by atoms with Gasteiger partial charge in [0.05, 0.1) is 0 Å². The van der Waals surface area contributed by atoms with E-state index in [4.69, 9.17) is 23.1 Å². The molecule has 4 N–H and O–H groups in total. The summed E-state index contributed by atoms with van der Waals surface area (Å²) in [7, 11) is 0. The van der Waals surface area contributed by atoms with Crippen LogP contribution in [0.2, 0.25) is 5.02 Å². The summed E-state index contributed by atoms with van der Waals surface area (Å²) in [5, 5.41) is 0.671. The monoisotopic (exact) mass is 202 g/mol. The minimum atomic E-state index is 0.659. The standard InChI is InChI=1S/C8H11ClN2S/c9-6-1-2-8(7(11)5-6)12-4-3-10/h1-2,5H,3-4,10-11H2. The number of thioether (sulfide) groups is 1. The average molecular weight is 203 g/mol. The van der Waals surface area contributed by atoms with Crippen LogP contribution in [-0.4, -0.2) is 12.3 Å². The fraction of sp³-hybridized carbons (Fsp3) is 0.250. The maximum Gasteiger partial charge on any atom is 0.0467 e. The maximum atomic E-state index is 5.74. The van der Waals surface area contributed by atoms with Gasteiger partial charge in [0.25, 0.3) is 0 Å². The molecule has 0 saturated carbocycles. The molecule has 0 atom stereocenters. The molecule has 1 aromatic carbocycles. The second-order valence-electron chi connectivity index (χ2n) is 2.32. The smallest absolute Gasteiger partial charge is 0.0467 e. The molecule has 0 unspecified atom stereocenters. The highest BCUT2D eigenvalue weighted by Crippen LogP contribution is 2.26. The van der Waals surface area contributed by atoms with Crippen molar-refractivity contribution in [2.75, 3.05) is 18.0 Å². The summed E-state index contributed by atoms with van der Waals surface area (Å²) in [6, 6.07) is 5.50. The Bertz CT molecular complexity index is 265. The molecule has 0 radical (unpaired) electrons. The second kappa shape index (κ2) is 4.60. The first-order valence-electron chi connectivity index (χ1n) is 3.62. The lowest BCUT2D eigenvalue weighted by Crippen LogP contribution is -2.01. The van der Waals surface area contributed by atoms with Gasteiger partial charge in [-0.25, -0.2) is 0 Å². The molecular formula is C8H11ClN2S. The van der Waals surface area contributed by atoms with Gasteiger partial charge in [0.1, 0.15) is 0 Å². The summed E-state index contributed by atoms with van der Waals surface area (Å²) in [5.41, 5.74) is 11.8. The lowest BCUT2D eigenvalue weighted by Gasteiger charge is -2.03. The van der Waals surface area contributed by atoms with Gasteiger partial charge in [0.15, 0.2) is 0 Å². The Kier molecular flexibility index (Phi) is 3.72. The summed E-state index contributed by atoms with van der Waals surface area (Å²) in [6.45, 7) is 0.659. The van der Waals surface area contributed by atoms with Crippen LogP contribution in [0.25, 0.3) is 0 Å². The Balaban J connectivity index is 2.72. The molecule has 0 aliphatic rings. The largest absolute Gasteiger partial charge is 0.398 e. The summed E-state index contributed by atoms with van der Waals surface area (Å²) < 4.78 is 0. The number of anilines is 1. The normalized spacial score (nSPS) is 10.2. The number of nitrogens with two attached hydrogens (primary N) is 2. The highest BCUT2D eigenvalue weighted by atomic mass is 35.5. The van der Waals surface area contributed by atoms with E-state index in [2.05, 4.69) is 0 Å². The molecule has 0 heterocycles. The molecular weight excluding hydrogens is 192 g/mol. The van der Waals surface area contributed by atoms with E-state index in [1.54, 1.807) is 17.8 Å². The van der Waals surface area contributed by atoms with Crippen molar-refractivity contribution in [1.29, 1.82) is 0 Å². The summed E-state index contributed by atoms with van der Waals surface area (Å²) in [5.74, 6) is 0.881. The molecule has 12 heavy (non-hydrogen) atoms. The summed E-state index contributed by atoms with van der Waals surface area (Å²) in [6.07, 6.45) is 0. The highest BCUT2D eigenvalue weighted by Gasteiger charge is 1.99. The van der Waals surface area contributed by atoms with Crippen molar-refractivity contribution in [2.24, 2.45) is 5.73 Å². The Morgan fingerprint density at radius 1 is 1.42 bits per heavy atom. The molecule has 0 aliphatic carbocycles. The highest BCUT2D eigenvalue weighted by molar-refractivity contribution is 7.99. The number of benzene rings is 1. The van der Waals surface area contributed by atoms with Crippen LogP contribution in [0, 0.1) is 0 Å². The quantitative estimate of drug-likeness (QED) is 0.582. The van der Waals surface area contributed by atoms with Crippen LogP contribution in [0.15, 0.2) is 23.1 Å². The van der Waals surface area contributed by atoms with Gasteiger partial charge in [-0.3, -0.25) is 0 Å². The van der Waals surface area contributed by atoms with Crippen molar-refractivity contribution in [1.82, 2.24) is 0 Å². The first kappa shape index (κ1) is 9.71. The Labute approximate surface area is 81.3 Å². The predicted octanol–water partition coefficient (Wildman–Crippen LogP) is 1.97. The van der Waals surface area contributed by atoms with Crippen LogP contribution < -0.4 is 11.5 Å². The summed E-state index contributed by atoms with van der Waals surface area (Å²) >= 11 is 7.38. The molecule has 0 aliphatic heterocycles. The molecule has 1 aromatic rings. The third kappa shape index (κ3) is 2.59. The van der Waals surface area contributed by atoms with Gasteiger partial charge in [-0.05, 0) is 18.2 Å². The van der Waals surface area contributed by atoms with Crippen molar-refractivity contribution in [3.63, 3.8) is 0 Å². The van der Waals surface area contributed by atoms with Crippen molar-refractivity contribution in [3.05, 3.63) is 23.2 Å². The van der Waals surface area contributed by atoms with Crippen LogP contribution in [0.5, 0.6) is 0 Å². The van der Waals surface area contributed by atoms with Crippen LogP contribution in [-0.2, 0) is 0 Å². The first-order chi connectivity index (χ1) is 5.74. The van der Waals surface area contributed by atoms with E-state index in [1.165, 1.54) is 0 Å². The minimum absolute atomic E-state index is 0.659. The number of hydrogen-bond acceptors (Lipinski definition) is 3. The molecule has 66 valence electrons. The van der Waals surface area contributed by atoms with E-state index < -0.39 is 0 Å². The van der Waals surface area contributed by atoms with E-state index in [0.717, 1.165) is 16.3 Å². The van der Waals surface area contributed by atoms with Gasteiger partial charge in [-0.1, -0.05) is 11.6 Å². The van der Waals surface area contributed by atoms with Gasteiger partial charge >= 0.3 is 0 Å². The maximum absolute atomic E-state index is 5.74. The number of nitrogen functional groups attached to an aromatic ring is 1. The molecule has 0 fully saturated rings. The van der Waals surface area contributed by atoms with E-state index in [9.17, 15) is 0 Å². The third-order valence-corrected chi connectivity index (χ3v) is 2.70. The number of hydrogen-bond donors (Lipinski definition) is 2. The Morgan fingerprint density at radius 2 is 2.17 bits per heavy atom. The second-order valence-corrected chi connectivity index (χ2v) is 3.89. The Hall–Kier alpha value is -0.380. The zero-order valence-corrected chi connectivity index (χ0v) is 8.16. The van der Waals surface area contributed by atoms with Gasteiger partial charge in [-0.2, -0.15) is 0 Å². The van der Waals surface area contributed by atoms with E-state index >= 15 is 0 Å². The zero-order chi connectivity index (χ0) is 8.97. The third-order valence-electron chi connectivity index (χ3n) is 1.35. The van der Waals surface area contributed by atoms with Gasteiger partial charge in [-0.15, -0.1) is 11.8 Å². The molecule has 0 bridgehead atoms. The number of halogens is 1. The van der Waals surface area contributed by atoms with Crippen molar-refractivity contribution < 1.29 is 0 Å². The Morgan fingerprint density at radius 3 is 2.75 bits per heavy atom. The predicted molar refractivity (Wildman–Crippen MR) is 55.6 cm³/mol. The fourth-order valence-electron chi connectivity index (χ4n) is 0.820. The van der Waals surface area contributed by atoms with Crippen LogP contribution in [0.1, 0.15) is 0 Å². The SMILES string of the molecule is NCCSc1ccc(Cl)cc1N. The molecule has 0 aromatic heterocycles. The lowest BCUT2D eigenvalue weighted by atomic mass is 10.3. The van der Waals surface area contributed by atoms with Gasteiger partial charge < -0.3 is 11.5 Å². The fourth-order valence-corrected chi connectivity index (χ4v) is 1.73. The van der Waals surface area contributed by atoms with Gasteiger partial charge in [0.2, 0.25) is 0 Å². The molecule has 0 saturated heterocycles.